The first-order valence-electron chi connectivity index (χ1n) is 7.97. The summed E-state index contributed by atoms with van der Waals surface area (Å²) >= 11 is 0. The topological polar surface area (TPSA) is 86.6 Å². The number of nitrogens with one attached hydrogen (secondary N) is 1. The quantitative estimate of drug-likeness (QED) is 0.672. The molecule has 0 aliphatic heterocycles. The van der Waals surface area contributed by atoms with Crippen LogP contribution in [-0.4, -0.2) is 34.2 Å². The fourth-order valence-electron chi connectivity index (χ4n) is 2.93. The van der Waals surface area contributed by atoms with E-state index in [1.807, 2.05) is 13.8 Å². The maximum atomic E-state index is 12.3. The number of amides is 1. The van der Waals surface area contributed by atoms with E-state index in [0.29, 0.717) is 5.92 Å². The van der Waals surface area contributed by atoms with Gasteiger partial charge in [0.1, 0.15) is 0 Å². The Kier molecular flexibility index (Phi) is 6.65. The monoisotopic (exact) mass is 299 g/mol. The average Bonchev–Trinajstić information content (AvgIpc) is 2.43. The third-order valence-corrected chi connectivity index (χ3v) is 4.52. The minimum Gasteiger partial charge on any atom is -0.479 e. The highest BCUT2D eigenvalue weighted by molar-refractivity contribution is 5.81. The van der Waals surface area contributed by atoms with E-state index in [2.05, 4.69) is 5.32 Å². The van der Waals surface area contributed by atoms with Gasteiger partial charge in [-0.25, -0.2) is 4.79 Å². The summed E-state index contributed by atoms with van der Waals surface area (Å²) in [5.41, 5.74) is -1.91. The van der Waals surface area contributed by atoms with Crippen LogP contribution in [0.25, 0.3) is 0 Å². The van der Waals surface area contributed by atoms with E-state index < -0.39 is 11.6 Å². The van der Waals surface area contributed by atoms with Gasteiger partial charge in [0.15, 0.2) is 5.60 Å². The highest BCUT2D eigenvalue weighted by Gasteiger charge is 2.32. The number of aliphatic carboxylic acids is 1. The normalized spacial score (nSPS) is 20.8. The number of hydrogen-bond acceptors (Lipinski definition) is 3. The van der Waals surface area contributed by atoms with Gasteiger partial charge >= 0.3 is 5.97 Å². The SMILES string of the molecule is CC(C)C(CC1CCCCC1)C(=O)NCC(C)(O)C(=O)O. The molecule has 5 nitrogen and oxygen atoms in total. The number of carboxylic acid groups (broad SMARTS) is 1. The lowest BCUT2D eigenvalue weighted by Gasteiger charge is -2.29. The number of hydrogen-bond donors (Lipinski definition) is 3. The van der Waals surface area contributed by atoms with Crippen molar-refractivity contribution in [3.63, 3.8) is 0 Å². The van der Waals surface area contributed by atoms with E-state index >= 15 is 0 Å². The molecule has 1 rings (SSSR count). The lowest BCUT2D eigenvalue weighted by molar-refractivity contribution is -0.156. The number of carbonyl (C=O) groups excluding carboxylic acids is 1. The molecule has 0 aromatic heterocycles. The minimum absolute atomic E-state index is 0.113. The van der Waals surface area contributed by atoms with Gasteiger partial charge < -0.3 is 15.5 Å². The maximum Gasteiger partial charge on any atom is 0.337 e. The molecule has 2 unspecified atom stereocenters. The lowest BCUT2D eigenvalue weighted by atomic mass is 9.79. The number of rotatable bonds is 7. The Morgan fingerprint density at radius 3 is 2.29 bits per heavy atom. The van der Waals surface area contributed by atoms with Crippen LogP contribution in [-0.2, 0) is 9.59 Å². The van der Waals surface area contributed by atoms with Gasteiger partial charge in [-0.3, -0.25) is 4.79 Å². The summed E-state index contributed by atoms with van der Waals surface area (Å²) in [6.07, 6.45) is 7.00. The molecule has 0 aromatic carbocycles. The van der Waals surface area contributed by atoms with E-state index in [0.717, 1.165) is 6.42 Å². The van der Waals surface area contributed by atoms with Crippen molar-refractivity contribution in [2.45, 2.75) is 64.9 Å². The molecule has 5 heteroatoms. The summed E-state index contributed by atoms with van der Waals surface area (Å²) in [4.78, 5) is 23.2. The molecule has 1 aliphatic rings. The smallest absolute Gasteiger partial charge is 0.337 e. The molecular weight excluding hydrogens is 270 g/mol. The summed E-state index contributed by atoms with van der Waals surface area (Å²) in [6, 6.07) is 0. The van der Waals surface area contributed by atoms with Crippen LogP contribution >= 0.6 is 0 Å². The Labute approximate surface area is 127 Å². The first-order valence-corrected chi connectivity index (χ1v) is 7.97. The molecule has 1 amide bonds. The van der Waals surface area contributed by atoms with Gasteiger partial charge in [0.2, 0.25) is 5.91 Å². The van der Waals surface area contributed by atoms with Crippen molar-refractivity contribution in [3.8, 4) is 0 Å². The van der Waals surface area contributed by atoms with Gasteiger partial charge in [-0.2, -0.15) is 0 Å². The molecule has 0 radical (unpaired) electrons. The standard InChI is InChI=1S/C16H29NO4/c1-11(2)13(9-12-7-5-4-6-8-12)14(18)17-10-16(3,21)15(19)20/h11-13,21H,4-10H2,1-3H3,(H,17,18)(H,19,20). The van der Waals surface area contributed by atoms with Gasteiger partial charge in [0.25, 0.3) is 0 Å². The first kappa shape index (κ1) is 18.0. The molecule has 0 heterocycles. The molecule has 1 aliphatic carbocycles. The predicted molar refractivity (Wildman–Crippen MR) is 80.8 cm³/mol. The summed E-state index contributed by atoms with van der Waals surface area (Å²) in [6.45, 7) is 4.97. The third-order valence-electron chi connectivity index (χ3n) is 4.52. The Bertz CT molecular complexity index is 359. The average molecular weight is 299 g/mol. The van der Waals surface area contributed by atoms with Crippen molar-refractivity contribution in [3.05, 3.63) is 0 Å². The number of carboxylic acids is 1. The Morgan fingerprint density at radius 2 is 1.81 bits per heavy atom. The van der Waals surface area contributed by atoms with E-state index in [1.165, 1.54) is 39.0 Å². The van der Waals surface area contributed by atoms with Crippen molar-refractivity contribution in [1.29, 1.82) is 0 Å². The van der Waals surface area contributed by atoms with Crippen molar-refractivity contribution >= 4 is 11.9 Å². The molecule has 21 heavy (non-hydrogen) atoms. The van der Waals surface area contributed by atoms with Crippen LogP contribution in [0.15, 0.2) is 0 Å². The van der Waals surface area contributed by atoms with E-state index in [-0.39, 0.29) is 24.3 Å². The second-order valence-electron chi connectivity index (χ2n) is 6.89. The van der Waals surface area contributed by atoms with Gasteiger partial charge in [0, 0.05) is 5.92 Å². The van der Waals surface area contributed by atoms with Crippen molar-refractivity contribution in [2.75, 3.05) is 6.54 Å². The fraction of sp³-hybridized carbons (Fsp3) is 0.875. The minimum atomic E-state index is -1.91. The summed E-state index contributed by atoms with van der Waals surface area (Å²) in [7, 11) is 0. The Balaban J connectivity index is 2.55. The fourth-order valence-corrected chi connectivity index (χ4v) is 2.93. The van der Waals surface area contributed by atoms with Crippen LogP contribution in [0.3, 0.4) is 0 Å². The van der Waals surface area contributed by atoms with Gasteiger partial charge in [-0.05, 0) is 25.2 Å². The zero-order valence-corrected chi connectivity index (χ0v) is 13.4. The molecule has 0 spiro atoms. The summed E-state index contributed by atoms with van der Waals surface area (Å²) in [5, 5.41) is 21.1. The van der Waals surface area contributed by atoms with Gasteiger partial charge in [-0.15, -0.1) is 0 Å². The highest BCUT2D eigenvalue weighted by atomic mass is 16.4. The van der Waals surface area contributed by atoms with Crippen LogP contribution in [0, 0.1) is 17.8 Å². The highest BCUT2D eigenvalue weighted by Crippen LogP contribution is 2.31. The van der Waals surface area contributed by atoms with Gasteiger partial charge in [0.05, 0.1) is 6.54 Å². The molecular formula is C16H29NO4. The van der Waals surface area contributed by atoms with Crippen LogP contribution in [0.1, 0.15) is 59.3 Å². The summed E-state index contributed by atoms with van der Waals surface area (Å²) in [5.74, 6) is -0.774. The van der Waals surface area contributed by atoms with E-state index in [9.17, 15) is 14.7 Å². The second-order valence-corrected chi connectivity index (χ2v) is 6.89. The maximum absolute atomic E-state index is 12.3. The zero-order chi connectivity index (χ0) is 16.0. The molecule has 1 saturated carbocycles. The van der Waals surface area contributed by atoms with Crippen LogP contribution < -0.4 is 5.32 Å². The molecule has 0 saturated heterocycles. The van der Waals surface area contributed by atoms with Crippen LogP contribution in [0.5, 0.6) is 0 Å². The van der Waals surface area contributed by atoms with Crippen LogP contribution in [0.4, 0.5) is 0 Å². The van der Waals surface area contributed by atoms with E-state index in [4.69, 9.17) is 5.11 Å². The molecule has 122 valence electrons. The molecule has 0 aromatic rings. The number of carbonyl (C=O) groups is 2. The van der Waals surface area contributed by atoms with Crippen molar-refractivity contribution < 1.29 is 19.8 Å². The lowest BCUT2D eigenvalue weighted by Crippen LogP contribution is -2.48. The first-order chi connectivity index (χ1) is 9.74. The molecule has 2 atom stereocenters. The Morgan fingerprint density at radius 1 is 1.24 bits per heavy atom. The number of aliphatic hydroxyl groups is 1. The van der Waals surface area contributed by atoms with Crippen LogP contribution in [0.2, 0.25) is 0 Å². The second kappa shape index (κ2) is 7.78. The van der Waals surface area contributed by atoms with Crippen molar-refractivity contribution in [1.82, 2.24) is 5.32 Å². The zero-order valence-electron chi connectivity index (χ0n) is 13.4. The molecule has 0 bridgehead atoms. The summed E-state index contributed by atoms with van der Waals surface area (Å²) < 4.78 is 0. The van der Waals surface area contributed by atoms with Gasteiger partial charge in [-0.1, -0.05) is 46.0 Å². The van der Waals surface area contributed by atoms with E-state index in [1.54, 1.807) is 0 Å². The third kappa shape index (κ3) is 5.65. The van der Waals surface area contributed by atoms with Crippen molar-refractivity contribution in [2.24, 2.45) is 17.8 Å². The molecule has 3 N–H and O–H groups in total. The Hall–Kier alpha value is -1.10. The largest absolute Gasteiger partial charge is 0.479 e. The predicted octanol–water partition coefficient (Wildman–Crippen LogP) is 2.18. The molecule has 1 fully saturated rings.